The fourth-order valence-corrected chi connectivity index (χ4v) is 7.22. The standard InChI is InChI=1S/C25H34N2O4S3/c1-5-7-11-21-16-27(20-12-9-8-10-13-20)22-15-23(32-4)19(17-33-18-25(28)31-6-2)14-24(22)34(29,30)26(21)3/h8-10,12-15,21H,5-7,11,16-18H2,1-4H3. The van der Waals surface area contributed by atoms with Crippen molar-refractivity contribution in [3.63, 3.8) is 0 Å². The van der Waals surface area contributed by atoms with E-state index >= 15 is 0 Å². The van der Waals surface area contributed by atoms with Crippen molar-refractivity contribution in [2.75, 3.05) is 37.1 Å². The van der Waals surface area contributed by atoms with Gasteiger partial charge in [-0.1, -0.05) is 38.0 Å². The minimum absolute atomic E-state index is 0.128. The Morgan fingerprint density at radius 1 is 1.18 bits per heavy atom. The molecule has 1 aliphatic heterocycles. The molecule has 0 spiro atoms. The van der Waals surface area contributed by atoms with Gasteiger partial charge in [0, 0.05) is 36.0 Å². The van der Waals surface area contributed by atoms with E-state index in [1.165, 1.54) is 11.8 Å². The fraction of sp³-hybridized carbons (Fsp3) is 0.480. The van der Waals surface area contributed by atoms with Crippen LogP contribution < -0.4 is 4.90 Å². The first kappa shape index (κ1) is 26.9. The Kier molecular flexibility index (Phi) is 9.76. The summed E-state index contributed by atoms with van der Waals surface area (Å²) in [6, 6.07) is 13.7. The maximum absolute atomic E-state index is 13.8. The molecular weight excluding hydrogens is 488 g/mol. The van der Waals surface area contributed by atoms with E-state index in [1.54, 1.807) is 30.0 Å². The molecule has 3 rings (SSSR count). The second-order valence-corrected chi connectivity index (χ2v) is 12.0. The summed E-state index contributed by atoms with van der Waals surface area (Å²) in [5.74, 6) is 0.515. The molecule has 9 heteroatoms. The molecule has 0 radical (unpaired) electrons. The summed E-state index contributed by atoms with van der Waals surface area (Å²) in [5.41, 5.74) is 2.60. The van der Waals surface area contributed by atoms with Gasteiger partial charge in [-0.3, -0.25) is 4.79 Å². The van der Waals surface area contributed by atoms with Crippen LogP contribution in [-0.4, -0.2) is 56.9 Å². The number of sulfonamides is 1. The highest BCUT2D eigenvalue weighted by molar-refractivity contribution is 7.99. The topological polar surface area (TPSA) is 66.9 Å². The number of hydrogen-bond acceptors (Lipinski definition) is 7. The largest absolute Gasteiger partial charge is 0.465 e. The molecule has 0 amide bonds. The third-order valence-electron chi connectivity index (χ3n) is 5.96. The van der Waals surface area contributed by atoms with E-state index in [0.717, 1.165) is 35.4 Å². The van der Waals surface area contributed by atoms with Crippen LogP contribution in [0.25, 0.3) is 0 Å². The number of hydrogen-bond donors (Lipinski definition) is 0. The van der Waals surface area contributed by atoms with Crippen LogP contribution in [0.3, 0.4) is 0 Å². The number of ether oxygens (including phenoxy) is 1. The highest BCUT2D eigenvalue weighted by atomic mass is 32.2. The Hall–Kier alpha value is -1.68. The molecule has 6 nitrogen and oxygen atoms in total. The minimum atomic E-state index is -3.69. The van der Waals surface area contributed by atoms with Gasteiger partial charge in [-0.05, 0) is 49.4 Å². The zero-order chi connectivity index (χ0) is 24.7. The molecule has 34 heavy (non-hydrogen) atoms. The van der Waals surface area contributed by atoms with Crippen molar-refractivity contribution in [3.05, 3.63) is 48.0 Å². The minimum Gasteiger partial charge on any atom is -0.465 e. The van der Waals surface area contributed by atoms with Crippen molar-refractivity contribution < 1.29 is 17.9 Å². The number of nitrogens with zero attached hydrogens (tertiary/aromatic N) is 2. The molecule has 1 unspecified atom stereocenters. The van der Waals surface area contributed by atoms with Crippen LogP contribution >= 0.6 is 23.5 Å². The first-order valence-corrected chi connectivity index (χ1v) is 15.4. The number of anilines is 2. The van der Waals surface area contributed by atoms with Gasteiger partial charge in [-0.2, -0.15) is 4.31 Å². The normalized spacial score (nSPS) is 17.8. The number of carbonyl (C=O) groups excluding carboxylic acids is 1. The lowest BCUT2D eigenvalue weighted by molar-refractivity contribution is -0.139. The SMILES string of the molecule is CCCCC1CN(c2ccccc2)c2cc(SC)c(CSCC(=O)OCC)cc2S(=O)(=O)N1C. The second kappa shape index (κ2) is 12.3. The molecule has 1 aliphatic rings. The lowest BCUT2D eigenvalue weighted by atomic mass is 10.1. The summed E-state index contributed by atoms with van der Waals surface area (Å²) in [4.78, 5) is 15.3. The van der Waals surface area contributed by atoms with Crippen LogP contribution in [0.4, 0.5) is 11.4 Å². The van der Waals surface area contributed by atoms with E-state index in [4.69, 9.17) is 4.74 Å². The van der Waals surface area contributed by atoms with Crippen LogP contribution in [-0.2, 0) is 25.3 Å². The monoisotopic (exact) mass is 522 g/mol. The third-order valence-corrected chi connectivity index (χ3v) is 9.67. The smallest absolute Gasteiger partial charge is 0.315 e. The number of benzene rings is 2. The molecule has 0 N–H and O–H groups in total. The quantitative estimate of drug-likeness (QED) is 0.300. The zero-order valence-electron chi connectivity index (χ0n) is 20.3. The number of esters is 1. The van der Waals surface area contributed by atoms with Gasteiger partial charge in [0.1, 0.15) is 4.90 Å². The summed E-state index contributed by atoms with van der Waals surface area (Å²) < 4.78 is 34.2. The van der Waals surface area contributed by atoms with Crippen molar-refractivity contribution in [2.45, 2.75) is 54.7 Å². The average Bonchev–Trinajstić information content (AvgIpc) is 2.91. The van der Waals surface area contributed by atoms with E-state index in [1.807, 2.05) is 48.7 Å². The molecule has 0 aliphatic carbocycles. The van der Waals surface area contributed by atoms with Gasteiger partial charge in [0.15, 0.2) is 0 Å². The van der Waals surface area contributed by atoms with Crippen LogP contribution in [0.2, 0.25) is 0 Å². The van der Waals surface area contributed by atoms with Gasteiger partial charge in [0.25, 0.3) is 0 Å². The number of carbonyl (C=O) groups is 1. The van der Waals surface area contributed by atoms with Crippen LogP contribution in [0.1, 0.15) is 38.7 Å². The van der Waals surface area contributed by atoms with Crippen LogP contribution in [0.15, 0.2) is 52.3 Å². The third kappa shape index (κ3) is 6.11. The molecule has 0 bridgehead atoms. The van der Waals surface area contributed by atoms with Crippen molar-refractivity contribution in [3.8, 4) is 0 Å². The predicted octanol–water partition coefficient (Wildman–Crippen LogP) is 5.54. The molecular formula is C25H34N2O4S3. The van der Waals surface area contributed by atoms with E-state index in [9.17, 15) is 13.2 Å². The summed E-state index contributed by atoms with van der Waals surface area (Å²) in [7, 11) is -1.99. The molecule has 0 saturated carbocycles. The average molecular weight is 523 g/mol. The number of rotatable bonds is 10. The van der Waals surface area contributed by atoms with Crippen LogP contribution in [0, 0.1) is 0 Å². The first-order chi connectivity index (χ1) is 16.3. The molecule has 2 aromatic rings. The first-order valence-electron chi connectivity index (χ1n) is 11.6. The number of para-hydroxylation sites is 1. The van der Waals surface area contributed by atoms with Crippen molar-refractivity contribution in [1.29, 1.82) is 0 Å². The molecule has 0 saturated heterocycles. The fourth-order valence-electron chi connectivity index (χ4n) is 4.10. The maximum Gasteiger partial charge on any atom is 0.315 e. The van der Waals surface area contributed by atoms with E-state index in [2.05, 4.69) is 11.8 Å². The number of likely N-dealkylation sites (N-methyl/N-ethyl adjacent to an activating group) is 1. The van der Waals surface area contributed by atoms with Gasteiger partial charge in [0.2, 0.25) is 10.0 Å². The Labute approximate surface area is 212 Å². The van der Waals surface area contributed by atoms with Crippen molar-refractivity contribution >= 4 is 50.9 Å². The van der Waals surface area contributed by atoms with Gasteiger partial charge in [-0.25, -0.2) is 8.42 Å². The van der Waals surface area contributed by atoms with Crippen LogP contribution in [0.5, 0.6) is 0 Å². The lowest BCUT2D eigenvalue weighted by Gasteiger charge is -2.29. The van der Waals surface area contributed by atoms with Crippen molar-refractivity contribution in [1.82, 2.24) is 4.31 Å². The summed E-state index contributed by atoms with van der Waals surface area (Å²) in [6.45, 7) is 4.86. The van der Waals surface area contributed by atoms with Gasteiger partial charge < -0.3 is 9.64 Å². The second-order valence-electron chi connectivity index (χ2n) is 8.19. The molecule has 2 aromatic carbocycles. The maximum atomic E-state index is 13.8. The molecule has 186 valence electrons. The molecule has 0 aromatic heterocycles. The number of fused-ring (bicyclic) bond motifs is 1. The predicted molar refractivity (Wildman–Crippen MR) is 143 cm³/mol. The highest BCUT2D eigenvalue weighted by Gasteiger charge is 2.37. The molecule has 0 fully saturated rings. The number of unbranched alkanes of at least 4 members (excludes halogenated alkanes) is 1. The Balaban J connectivity index is 2.08. The summed E-state index contributed by atoms with van der Waals surface area (Å²) in [6.07, 6.45) is 4.78. The number of thioether (sulfide) groups is 2. The Bertz CT molecular complexity index is 1080. The van der Waals surface area contributed by atoms with Crippen molar-refractivity contribution in [2.24, 2.45) is 0 Å². The van der Waals surface area contributed by atoms with Gasteiger partial charge in [0.05, 0.1) is 18.0 Å². The van der Waals surface area contributed by atoms with Gasteiger partial charge in [-0.15, -0.1) is 23.5 Å². The van der Waals surface area contributed by atoms with Gasteiger partial charge >= 0.3 is 5.97 Å². The Morgan fingerprint density at radius 3 is 2.56 bits per heavy atom. The zero-order valence-corrected chi connectivity index (χ0v) is 22.8. The highest BCUT2D eigenvalue weighted by Crippen LogP contribution is 2.41. The summed E-state index contributed by atoms with van der Waals surface area (Å²) in [5, 5.41) is 0. The lowest BCUT2D eigenvalue weighted by Crippen LogP contribution is -2.40. The molecule has 1 atom stereocenters. The Morgan fingerprint density at radius 2 is 1.91 bits per heavy atom. The summed E-state index contributed by atoms with van der Waals surface area (Å²) >= 11 is 3.03. The molecule has 1 heterocycles. The van der Waals surface area contributed by atoms with E-state index in [0.29, 0.717) is 29.5 Å². The van der Waals surface area contributed by atoms with E-state index < -0.39 is 10.0 Å². The van der Waals surface area contributed by atoms with E-state index in [-0.39, 0.29) is 17.8 Å².